The number of carbonyl (C=O) groups is 1. The average Bonchev–Trinajstić information content (AvgIpc) is 3.58. The smallest absolute Gasteiger partial charge is 0.346 e. The Morgan fingerprint density at radius 3 is 2.88 bits per heavy atom. The second kappa shape index (κ2) is 9.99. The van der Waals surface area contributed by atoms with Gasteiger partial charge in [0.05, 0.1) is 35.4 Å². The minimum absolute atomic E-state index is 0.160. The number of halogens is 1. The lowest BCUT2D eigenvalue weighted by molar-refractivity contribution is -0.0591. The second-order valence-electron chi connectivity index (χ2n) is 10.9. The second-order valence-corrected chi connectivity index (χ2v) is 12.4. The number of aromatic nitrogens is 3. The number of aromatic carboxylic acids is 1. The van der Waals surface area contributed by atoms with Crippen molar-refractivity contribution in [2.24, 2.45) is 0 Å². The fourth-order valence-electron chi connectivity index (χ4n) is 5.92. The number of rotatable bonds is 7. The van der Waals surface area contributed by atoms with Gasteiger partial charge in [0.25, 0.3) is 0 Å². The van der Waals surface area contributed by atoms with Crippen LogP contribution in [0, 0.1) is 0 Å². The lowest BCUT2D eigenvalue weighted by atomic mass is 9.88. The van der Waals surface area contributed by atoms with Crippen molar-refractivity contribution in [1.82, 2.24) is 19.4 Å². The molecule has 0 spiro atoms. The van der Waals surface area contributed by atoms with Gasteiger partial charge in [-0.15, -0.1) is 11.3 Å². The maximum atomic E-state index is 11.5. The highest BCUT2D eigenvalue weighted by molar-refractivity contribution is 7.20. The molecule has 1 aromatic carbocycles. The maximum absolute atomic E-state index is 11.5. The van der Waals surface area contributed by atoms with E-state index < -0.39 is 11.6 Å². The van der Waals surface area contributed by atoms with Crippen molar-refractivity contribution in [3.05, 3.63) is 81.2 Å². The number of ether oxygens (including phenoxy) is 2. The topological polar surface area (TPSA) is 89.7 Å². The lowest BCUT2D eigenvalue weighted by Crippen LogP contribution is -2.33. The van der Waals surface area contributed by atoms with Crippen molar-refractivity contribution in [2.45, 2.75) is 51.0 Å². The Kier molecular flexibility index (Phi) is 6.42. The third-order valence-electron chi connectivity index (χ3n) is 8.17. The molecule has 8 nitrogen and oxygen atoms in total. The molecule has 0 aliphatic carbocycles. The van der Waals surface area contributed by atoms with Crippen molar-refractivity contribution >= 4 is 44.8 Å². The summed E-state index contributed by atoms with van der Waals surface area (Å²) in [6.45, 7) is 6.00. The highest BCUT2D eigenvalue weighted by Gasteiger charge is 2.39. The largest absolute Gasteiger partial charge is 0.481 e. The molecule has 0 bridgehead atoms. The summed E-state index contributed by atoms with van der Waals surface area (Å²) in [6, 6.07) is 11.9. The molecule has 40 heavy (non-hydrogen) atoms. The summed E-state index contributed by atoms with van der Waals surface area (Å²) in [5.74, 6) is 0.971. The van der Waals surface area contributed by atoms with Gasteiger partial charge in [0.15, 0.2) is 5.60 Å². The fourth-order valence-corrected chi connectivity index (χ4v) is 6.92. The zero-order valence-corrected chi connectivity index (χ0v) is 23.7. The van der Waals surface area contributed by atoms with Gasteiger partial charge in [-0.1, -0.05) is 29.8 Å². The Morgan fingerprint density at radius 2 is 2.17 bits per heavy atom. The van der Waals surface area contributed by atoms with Gasteiger partial charge in [0.1, 0.15) is 21.3 Å². The third kappa shape index (κ3) is 4.60. The molecule has 7 rings (SSSR count). The first-order chi connectivity index (χ1) is 19.4. The summed E-state index contributed by atoms with van der Waals surface area (Å²) < 4.78 is 14.3. The predicted molar refractivity (Wildman–Crippen MR) is 154 cm³/mol. The molecule has 3 aromatic heterocycles. The van der Waals surface area contributed by atoms with E-state index in [0.29, 0.717) is 23.0 Å². The number of fused-ring (bicyclic) bond motifs is 2. The van der Waals surface area contributed by atoms with E-state index in [2.05, 4.69) is 39.6 Å². The molecule has 3 aliphatic rings. The van der Waals surface area contributed by atoms with E-state index >= 15 is 0 Å². The van der Waals surface area contributed by atoms with E-state index in [4.69, 9.17) is 26.1 Å². The van der Waals surface area contributed by atoms with Crippen LogP contribution in [0.1, 0.15) is 52.1 Å². The molecule has 206 valence electrons. The molecule has 1 saturated heterocycles. The van der Waals surface area contributed by atoms with Crippen LogP contribution in [0.3, 0.4) is 0 Å². The molecular weight excluding hydrogens is 548 g/mol. The van der Waals surface area contributed by atoms with E-state index in [1.165, 1.54) is 28.0 Å². The van der Waals surface area contributed by atoms with E-state index in [-0.39, 0.29) is 6.10 Å². The Balaban J connectivity index is 1.10. The van der Waals surface area contributed by atoms with E-state index in [1.54, 1.807) is 12.3 Å². The van der Waals surface area contributed by atoms with Crippen LogP contribution < -0.4 is 4.74 Å². The molecule has 1 fully saturated rings. The molecule has 2 atom stereocenters. The first-order valence-electron chi connectivity index (χ1n) is 13.5. The lowest BCUT2D eigenvalue weighted by Gasteiger charge is -2.29. The van der Waals surface area contributed by atoms with Crippen LogP contribution in [0.2, 0.25) is 5.02 Å². The number of carboxylic acids is 1. The van der Waals surface area contributed by atoms with Crippen LogP contribution in [0.15, 0.2) is 48.7 Å². The fraction of sp³-hybridized carbons (Fsp3) is 0.367. The summed E-state index contributed by atoms with van der Waals surface area (Å²) in [5.41, 5.74) is 5.05. The van der Waals surface area contributed by atoms with Gasteiger partial charge in [-0.2, -0.15) is 0 Å². The molecule has 3 aliphatic heterocycles. The number of nitrogens with zero attached hydrogens (tertiary/aromatic N) is 4. The van der Waals surface area contributed by atoms with Gasteiger partial charge in [-0.3, -0.25) is 9.88 Å². The van der Waals surface area contributed by atoms with Crippen molar-refractivity contribution in [2.75, 3.05) is 19.7 Å². The first-order valence-corrected chi connectivity index (χ1v) is 14.7. The van der Waals surface area contributed by atoms with Crippen LogP contribution in [0.25, 0.3) is 15.9 Å². The highest BCUT2D eigenvalue weighted by atomic mass is 35.5. The van der Waals surface area contributed by atoms with Crippen molar-refractivity contribution in [3.8, 4) is 5.75 Å². The zero-order chi connectivity index (χ0) is 27.4. The Hall–Kier alpha value is -3.24. The van der Waals surface area contributed by atoms with Crippen molar-refractivity contribution in [3.63, 3.8) is 0 Å². The number of benzene rings is 1. The minimum Gasteiger partial charge on any atom is -0.481 e. The number of carboxylic acid groups (broad SMARTS) is 1. The quantitative estimate of drug-likeness (QED) is 0.298. The van der Waals surface area contributed by atoms with E-state index in [1.807, 2.05) is 18.2 Å². The standard InChI is InChI=1S/C30H29ClN4O4S/c1-30(26-6-5-19(31)15-32-26)14-22-21(3-2-4-24(22)39-30)18-7-10-34(11-8-18)17-27-33-28-23(13-25(40-28)29(36)37)35(27)16-20-9-12-38-20/h2-7,13,15,20H,8-12,14,16-17H2,1H3,(H,36,37)/t20-,30+/m0/s1. The van der Waals surface area contributed by atoms with E-state index in [9.17, 15) is 9.90 Å². The molecule has 6 heterocycles. The third-order valence-corrected chi connectivity index (χ3v) is 9.40. The Labute approximate surface area is 240 Å². The van der Waals surface area contributed by atoms with Gasteiger partial charge in [0, 0.05) is 37.9 Å². The highest BCUT2D eigenvalue weighted by Crippen LogP contribution is 2.44. The zero-order valence-electron chi connectivity index (χ0n) is 22.1. The molecule has 4 aromatic rings. The van der Waals surface area contributed by atoms with Crippen LogP contribution in [0.4, 0.5) is 0 Å². The number of hydrogen-bond donors (Lipinski definition) is 1. The van der Waals surface area contributed by atoms with Crippen molar-refractivity contribution < 1.29 is 19.4 Å². The monoisotopic (exact) mass is 576 g/mol. The molecule has 0 radical (unpaired) electrons. The first kappa shape index (κ1) is 25.7. The molecule has 0 amide bonds. The summed E-state index contributed by atoms with van der Waals surface area (Å²) in [7, 11) is 0. The van der Waals surface area contributed by atoms with Gasteiger partial charge < -0.3 is 19.1 Å². The van der Waals surface area contributed by atoms with Gasteiger partial charge in [-0.05, 0) is 55.2 Å². The Morgan fingerprint density at radius 1 is 1.30 bits per heavy atom. The summed E-state index contributed by atoms with van der Waals surface area (Å²) in [6.07, 6.45) is 6.85. The van der Waals surface area contributed by atoms with Crippen molar-refractivity contribution in [1.29, 1.82) is 0 Å². The predicted octanol–water partition coefficient (Wildman–Crippen LogP) is 5.77. The average molecular weight is 577 g/mol. The van der Waals surface area contributed by atoms with Gasteiger partial charge in [0.2, 0.25) is 0 Å². The summed E-state index contributed by atoms with van der Waals surface area (Å²) >= 11 is 7.31. The molecule has 10 heteroatoms. The van der Waals surface area contributed by atoms with Crippen LogP contribution in [-0.2, 0) is 29.8 Å². The van der Waals surface area contributed by atoms with E-state index in [0.717, 1.165) is 66.6 Å². The molecular formula is C30H29ClN4O4S. The Bertz CT molecular complexity index is 1640. The summed E-state index contributed by atoms with van der Waals surface area (Å²) in [4.78, 5) is 24.4. The van der Waals surface area contributed by atoms with Crippen LogP contribution in [-0.4, -0.2) is 56.3 Å². The number of hydrogen-bond acceptors (Lipinski definition) is 7. The number of pyridine rings is 1. The minimum atomic E-state index is -0.910. The van der Waals surface area contributed by atoms with Crippen LogP contribution >= 0.6 is 22.9 Å². The number of imidazole rings is 1. The van der Waals surface area contributed by atoms with Crippen LogP contribution in [0.5, 0.6) is 5.75 Å². The molecule has 0 saturated carbocycles. The number of thiophene rings is 1. The van der Waals surface area contributed by atoms with Gasteiger partial charge in [-0.25, -0.2) is 9.78 Å². The maximum Gasteiger partial charge on any atom is 0.346 e. The molecule has 0 unspecified atom stereocenters. The molecule has 1 N–H and O–H groups in total. The normalized spacial score (nSPS) is 22.6. The summed E-state index contributed by atoms with van der Waals surface area (Å²) in [5, 5.41) is 10.1. The van der Waals surface area contributed by atoms with Gasteiger partial charge >= 0.3 is 5.97 Å². The SMILES string of the molecule is C[C@]1(c2ccc(Cl)cn2)Cc2c(cccc2C2=CCN(Cc3nc4sc(C(=O)O)cc4n3C[C@@H]3CCO3)CC2)O1.